The van der Waals surface area contributed by atoms with E-state index in [9.17, 15) is 8.42 Å². The fourth-order valence-electron chi connectivity index (χ4n) is 3.53. The lowest BCUT2D eigenvalue weighted by Crippen LogP contribution is -3.00. The first-order chi connectivity index (χ1) is 13.4. The molecular formula is C19H30ClN6O2S-. The van der Waals surface area contributed by atoms with Crippen molar-refractivity contribution in [1.29, 1.82) is 0 Å². The van der Waals surface area contributed by atoms with E-state index in [0.29, 0.717) is 10.7 Å². The molecule has 29 heavy (non-hydrogen) atoms. The summed E-state index contributed by atoms with van der Waals surface area (Å²) in [5, 5.41) is 12.1. The predicted molar refractivity (Wildman–Crippen MR) is 108 cm³/mol. The molecule has 1 aromatic carbocycles. The molecule has 1 saturated heterocycles. The van der Waals surface area contributed by atoms with Crippen LogP contribution in [0.2, 0.25) is 0 Å². The lowest BCUT2D eigenvalue weighted by Gasteiger charge is -2.37. The number of aryl methyl sites for hydroxylation is 1. The minimum atomic E-state index is -3.52. The van der Waals surface area contributed by atoms with Gasteiger partial charge in [0, 0.05) is 26.2 Å². The number of tetrazole rings is 1. The second kappa shape index (κ2) is 10.5. The van der Waals surface area contributed by atoms with Gasteiger partial charge in [-0.25, -0.2) is 13.1 Å². The van der Waals surface area contributed by atoms with Gasteiger partial charge in [0.15, 0.2) is 21.5 Å². The monoisotopic (exact) mass is 441 g/mol. The smallest absolute Gasteiger partial charge is 0.198 e. The predicted octanol–water partition coefficient (Wildman–Crippen LogP) is -1.10. The summed E-state index contributed by atoms with van der Waals surface area (Å²) >= 11 is 0. The van der Waals surface area contributed by atoms with E-state index in [-0.39, 0.29) is 24.3 Å². The largest absolute Gasteiger partial charge is 1.00 e. The van der Waals surface area contributed by atoms with Gasteiger partial charge in [0.25, 0.3) is 0 Å². The molecule has 3 rings (SSSR count). The summed E-state index contributed by atoms with van der Waals surface area (Å²) in [5.41, 5.74) is 1.02. The van der Waals surface area contributed by atoms with E-state index in [1.807, 2.05) is 19.1 Å². The Balaban J connectivity index is 0.00000300. The highest BCUT2D eigenvalue weighted by Crippen LogP contribution is 2.26. The molecule has 0 amide bonds. The summed E-state index contributed by atoms with van der Waals surface area (Å²) in [5.74, 6) is 0.406. The number of unbranched alkanes of at least 4 members (excludes halogenated alkanes) is 1. The van der Waals surface area contributed by atoms with Crippen molar-refractivity contribution < 1.29 is 20.8 Å². The Hall–Kier alpha value is -1.55. The van der Waals surface area contributed by atoms with Gasteiger partial charge in [-0.2, -0.15) is 0 Å². The van der Waals surface area contributed by atoms with E-state index in [1.54, 1.807) is 12.1 Å². The molecule has 10 heteroatoms. The van der Waals surface area contributed by atoms with Gasteiger partial charge in [-0.3, -0.25) is 4.90 Å². The summed E-state index contributed by atoms with van der Waals surface area (Å²) in [6.45, 7) is 7.94. The van der Waals surface area contributed by atoms with Gasteiger partial charge in [0.05, 0.1) is 10.9 Å². The zero-order valence-electron chi connectivity index (χ0n) is 17.3. The average Bonchev–Trinajstić information content (AvgIpc) is 3.11. The van der Waals surface area contributed by atoms with Crippen molar-refractivity contribution >= 4 is 9.84 Å². The van der Waals surface area contributed by atoms with Crippen LogP contribution in [-0.4, -0.2) is 71.7 Å². The van der Waals surface area contributed by atoms with E-state index in [1.165, 1.54) is 4.68 Å². The fourth-order valence-corrected chi connectivity index (χ4v) is 4.74. The van der Waals surface area contributed by atoms with Crippen molar-refractivity contribution in [1.82, 2.24) is 30.0 Å². The number of hydrogen-bond acceptors (Lipinski definition) is 7. The average molecular weight is 442 g/mol. The topological polar surface area (TPSA) is 84.2 Å². The molecule has 2 heterocycles. The van der Waals surface area contributed by atoms with Gasteiger partial charge in [0.1, 0.15) is 0 Å². The zero-order valence-corrected chi connectivity index (χ0v) is 18.9. The van der Waals surface area contributed by atoms with Gasteiger partial charge >= 0.3 is 0 Å². The van der Waals surface area contributed by atoms with Crippen molar-refractivity contribution in [2.24, 2.45) is 0 Å². The molecule has 162 valence electrons. The zero-order chi connectivity index (χ0) is 20.1. The number of halogens is 1. The molecule has 1 unspecified atom stereocenters. The van der Waals surface area contributed by atoms with E-state index < -0.39 is 9.84 Å². The highest BCUT2D eigenvalue weighted by Gasteiger charge is 2.29. The maximum atomic E-state index is 12.9. The van der Waals surface area contributed by atoms with Gasteiger partial charge < -0.3 is 17.3 Å². The summed E-state index contributed by atoms with van der Waals surface area (Å²) in [7, 11) is -1.40. The van der Waals surface area contributed by atoms with Crippen LogP contribution in [0, 0.1) is 6.92 Å². The number of benzene rings is 1. The minimum Gasteiger partial charge on any atom is -1.00 e. The first-order valence-electron chi connectivity index (χ1n) is 9.89. The lowest BCUT2D eigenvalue weighted by atomic mass is 10.1. The summed E-state index contributed by atoms with van der Waals surface area (Å²) in [6.07, 6.45) is 3.05. The third-order valence-electron chi connectivity index (χ3n) is 5.34. The van der Waals surface area contributed by atoms with Crippen LogP contribution < -0.4 is 12.4 Å². The summed E-state index contributed by atoms with van der Waals surface area (Å²) < 4.78 is 27.2. The molecule has 1 atom stereocenters. The fraction of sp³-hybridized carbons (Fsp3) is 0.632. The van der Waals surface area contributed by atoms with Crippen molar-refractivity contribution in [2.45, 2.75) is 49.9 Å². The van der Waals surface area contributed by atoms with E-state index >= 15 is 0 Å². The number of aromatic nitrogens is 4. The molecule has 0 saturated carbocycles. The highest BCUT2D eigenvalue weighted by molar-refractivity contribution is 7.90. The first-order valence-corrected chi connectivity index (χ1v) is 11.5. The minimum absolute atomic E-state index is 0. The van der Waals surface area contributed by atoms with Crippen LogP contribution in [0.25, 0.3) is 0 Å². The Morgan fingerprint density at radius 2 is 1.76 bits per heavy atom. The van der Waals surface area contributed by atoms with Gasteiger partial charge in [0.2, 0.25) is 0 Å². The Morgan fingerprint density at radius 3 is 2.38 bits per heavy atom. The Bertz CT molecular complexity index is 863. The number of rotatable bonds is 8. The molecule has 8 nitrogen and oxygen atoms in total. The second-order valence-corrected chi connectivity index (χ2v) is 9.55. The van der Waals surface area contributed by atoms with Crippen molar-refractivity contribution in [3.05, 3.63) is 35.7 Å². The van der Waals surface area contributed by atoms with Crippen LogP contribution >= 0.6 is 0 Å². The van der Waals surface area contributed by atoms with Crippen LogP contribution in [0.4, 0.5) is 0 Å². The SMILES string of the molecule is CCCCC(c1nnnn1CS(=O)(=O)c1ccc(C)cc1)N1CCN(C)CC1.[Cl-]. The third kappa shape index (κ3) is 5.97. The number of likely N-dealkylation sites (N-methyl/N-ethyl adjacent to an activating group) is 1. The van der Waals surface area contributed by atoms with E-state index in [4.69, 9.17) is 0 Å². The van der Waals surface area contributed by atoms with Gasteiger partial charge in [-0.1, -0.05) is 37.5 Å². The van der Waals surface area contributed by atoms with Crippen LogP contribution in [-0.2, 0) is 15.7 Å². The third-order valence-corrected chi connectivity index (χ3v) is 6.91. The number of hydrogen-bond donors (Lipinski definition) is 0. The molecular weight excluding hydrogens is 412 g/mol. The molecule has 0 radical (unpaired) electrons. The standard InChI is InChI=1S/C19H30N6O2S.ClH/c1-4-5-6-18(24-13-11-23(3)12-14-24)19-20-21-22-25(19)15-28(26,27)17-9-7-16(2)8-10-17;/h7-10,18H,4-6,11-15H2,1-3H3;1H/p-1. The molecule has 0 aliphatic carbocycles. The molecule has 1 fully saturated rings. The second-order valence-electron chi connectivity index (χ2n) is 7.59. The molecule has 1 aliphatic heterocycles. The first kappa shape index (κ1) is 23.7. The number of piperazine rings is 1. The van der Waals surface area contributed by atoms with Crippen LogP contribution in [0.1, 0.15) is 43.6 Å². The van der Waals surface area contributed by atoms with Crippen LogP contribution in [0.5, 0.6) is 0 Å². The highest BCUT2D eigenvalue weighted by atomic mass is 35.5. The lowest BCUT2D eigenvalue weighted by molar-refractivity contribution is -0.00000865. The molecule has 0 spiro atoms. The molecule has 2 aromatic rings. The maximum Gasteiger partial charge on any atom is 0.198 e. The van der Waals surface area contributed by atoms with Crippen LogP contribution in [0.15, 0.2) is 29.2 Å². The maximum absolute atomic E-state index is 12.9. The number of sulfone groups is 1. The summed E-state index contributed by atoms with van der Waals surface area (Å²) in [4.78, 5) is 4.98. The number of nitrogens with zero attached hydrogens (tertiary/aromatic N) is 6. The Morgan fingerprint density at radius 1 is 1.10 bits per heavy atom. The molecule has 0 bridgehead atoms. The normalized spacial score (nSPS) is 17.1. The van der Waals surface area contributed by atoms with Crippen molar-refractivity contribution in [2.75, 3.05) is 33.2 Å². The molecule has 1 aliphatic rings. The summed E-state index contributed by atoms with van der Waals surface area (Å²) in [6, 6.07) is 6.94. The quantitative estimate of drug-likeness (QED) is 0.514. The van der Waals surface area contributed by atoms with E-state index in [0.717, 1.165) is 51.0 Å². The van der Waals surface area contributed by atoms with Gasteiger partial charge in [-0.15, -0.1) is 5.10 Å². The Labute approximate surface area is 179 Å². The van der Waals surface area contributed by atoms with E-state index in [2.05, 4.69) is 39.3 Å². The van der Waals surface area contributed by atoms with Crippen LogP contribution in [0.3, 0.4) is 0 Å². The van der Waals surface area contributed by atoms with Crippen molar-refractivity contribution in [3.8, 4) is 0 Å². The molecule has 0 N–H and O–H groups in total. The van der Waals surface area contributed by atoms with Gasteiger partial charge in [-0.05, 0) is 43.0 Å². The Kier molecular flexibility index (Phi) is 8.57. The van der Waals surface area contributed by atoms with Crippen molar-refractivity contribution in [3.63, 3.8) is 0 Å². The molecule has 1 aromatic heterocycles.